The van der Waals surface area contributed by atoms with Crippen LogP contribution in [0.25, 0.3) is 0 Å². The second kappa shape index (κ2) is 8.19. The Morgan fingerprint density at radius 1 is 1.19 bits per heavy atom. The zero-order chi connectivity index (χ0) is 18.8. The maximum absolute atomic E-state index is 13.0. The number of piperidine rings is 1. The van der Waals surface area contributed by atoms with Crippen LogP contribution < -0.4 is 4.74 Å². The highest BCUT2D eigenvalue weighted by Crippen LogP contribution is 2.27. The van der Waals surface area contributed by atoms with Crippen molar-refractivity contribution in [3.8, 4) is 5.75 Å². The summed E-state index contributed by atoms with van der Waals surface area (Å²) >= 11 is 0. The maximum atomic E-state index is 13.0. The van der Waals surface area contributed by atoms with E-state index in [1.807, 2.05) is 17.9 Å². The van der Waals surface area contributed by atoms with Crippen LogP contribution in [0.1, 0.15) is 50.2 Å². The normalized spacial score (nSPS) is 22.8. The maximum Gasteiger partial charge on any atom is 0.263 e. The van der Waals surface area contributed by atoms with E-state index in [0.29, 0.717) is 12.5 Å². The lowest BCUT2D eigenvalue weighted by Gasteiger charge is -2.45. The smallest absolute Gasteiger partial charge is 0.263 e. The van der Waals surface area contributed by atoms with Crippen molar-refractivity contribution in [3.05, 3.63) is 29.3 Å². The number of rotatable bonds is 5. The number of fused-ring (bicyclic) bond motifs is 1. The van der Waals surface area contributed by atoms with E-state index in [-0.39, 0.29) is 12.0 Å². The van der Waals surface area contributed by atoms with Crippen LogP contribution in [0.4, 0.5) is 0 Å². The molecule has 27 heavy (non-hydrogen) atoms. The van der Waals surface area contributed by atoms with Crippen molar-refractivity contribution in [2.75, 3.05) is 26.2 Å². The van der Waals surface area contributed by atoms with Gasteiger partial charge in [-0.05, 0) is 68.2 Å². The number of aryl methyl sites for hydroxylation is 2. The predicted molar refractivity (Wildman–Crippen MR) is 105 cm³/mol. The van der Waals surface area contributed by atoms with E-state index in [2.05, 4.69) is 17.0 Å². The first-order valence-corrected chi connectivity index (χ1v) is 10.6. The number of carbonyl (C=O) groups is 1. The lowest BCUT2D eigenvalue weighted by Crippen LogP contribution is -2.58. The van der Waals surface area contributed by atoms with Gasteiger partial charge in [-0.3, -0.25) is 9.69 Å². The van der Waals surface area contributed by atoms with Crippen LogP contribution in [0, 0.1) is 0 Å². The van der Waals surface area contributed by atoms with Gasteiger partial charge < -0.3 is 14.7 Å². The molecule has 1 atom stereocenters. The van der Waals surface area contributed by atoms with Crippen molar-refractivity contribution >= 4 is 5.91 Å². The van der Waals surface area contributed by atoms with Gasteiger partial charge in [-0.25, -0.2) is 0 Å². The molecule has 2 heterocycles. The summed E-state index contributed by atoms with van der Waals surface area (Å²) in [7, 11) is 0. The molecule has 5 heteroatoms. The van der Waals surface area contributed by atoms with Crippen LogP contribution in [-0.4, -0.2) is 65.2 Å². The Bertz CT molecular complexity index is 664. The molecule has 1 aromatic carbocycles. The molecule has 2 aliphatic heterocycles. The number of aliphatic hydroxyl groups excluding tert-OH is 1. The van der Waals surface area contributed by atoms with Crippen molar-refractivity contribution in [3.63, 3.8) is 0 Å². The lowest BCUT2D eigenvalue weighted by molar-refractivity contribution is -0.141. The van der Waals surface area contributed by atoms with Crippen LogP contribution in [-0.2, 0) is 17.6 Å². The fraction of sp³-hybridized carbons (Fsp3) is 0.682. The number of nitrogens with zero attached hydrogens (tertiary/aromatic N) is 2. The predicted octanol–water partition coefficient (Wildman–Crippen LogP) is 2.39. The molecule has 0 aromatic heterocycles. The SMILES string of the molecule is CCC(Oc1ccc2c(c1)CCCC2)C(=O)N1CCC(N2CC(O)C2)CC1. The number of β-amino-alcohol motifs (C(OH)–C–C–N with tert-alkyl or cyclic N) is 1. The van der Waals surface area contributed by atoms with Gasteiger partial charge in [-0.2, -0.15) is 0 Å². The fourth-order valence-corrected chi connectivity index (χ4v) is 4.70. The van der Waals surface area contributed by atoms with Crippen molar-refractivity contribution in [1.82, 2.24) is 9.80 Å². The van der Waals surface area contributed by atoms with Gasteiger partial charge in [-0.15, -0.1) is 0 Å². The zero-order valence-corrected chi connectivity index (χ0v) is 16.4. The quantitative estimate of drug-likeness (QED) is 0.862. The van der Waals surface area contributed by atoms with Crippen LogP contribution in [0.15, 0.2) is 18.2 Å². The molecule has 0 bridgehead atoms. The van der Waals surface area contributed by atoms with E-state index in [0.717, 1.165) is 57.6 Å². The number of benzene rings is 1. The van der Waals surface area contributed by atoms with E-state index in [9.17, 15) is 9.90 Å². The van der Waals surface area contributed by atoms with Crippen molar-refractivity contribution in [2.24, 2.45) is 0 Å². The van der Waals surface area contributed by atoms with Gasteiger partial charge in [0.1, 0.15) is 5.75 Å². The van der Waals surface area contributed by atoms with Crippen LogP contribution in [0.2, 0.25) is 0 Å². The molecule has 1 N–H and O–H groups in total. The van der Waals surface area contributed by atoms with Crippen LogP contribution in [0.3, 0.4) is 0 Å². The minimum atomic E-state index is -0.394. The van der Waals surface area contributed by atoms with E-state index < -0.39 is 6.10 Å². The summed E-state index contributed by atoms with van der Waals surface area (Å²) in [6, 6.07) is 6.86. The standard InChI is InChI=1S/C22H32N2O3/c1-2-21(27-20-8-7-16-5-3-4-6-17(16)13-20)22(26)23-11-9-18(10-12-23)24-14-19(25)15-24/h7-8,13,18-19,21,25H,2-6,9-12,14-15H2,1H3. The minimum absolute atomic E-state index is 0.123. The van der Waals surface area contributed by atoms with Crippen LogP contribution >= 0.6 is 0 Å². The molecule has 0 saturated carbocycles. The Hall–Kier alpha value is -1.59. The first-order valence-electron chi connectivity index (χ1n) is 10.6. The molecular weight excluding hydrogens is 340 g/mol. The first kappa shape index (κ1) is 18.8. The second-order valence-electron chi connectivity index (χ2n) is 8.32. The Balaban J connectivity index is 1.33. The van der Waals surface area contributed by atoms with Gasteiger partial charge in [0, 0.05) is 32.2 Å². The Morgan fingerprint density at radius 3 is 2.56 bits per heavy atom. The van der Waals surface area contributed by atoms with Gasteiger partial charge in [-0.1, -0.05) is 13.0 Å². The van der Waals surface area contributed by atoms with Gasteiger partial charge >= 0.3 is 0 Å². The average Bonchev–Trinajstić information content (AvgIpc) is 2.69. The second-order valence-corrected chi connectivity index (χ2v) is 8.32. The molecule has 1 unspecified atom stereocenters. The highest BCUT2D eigenvalue weighted by atomic mass is 16.5. The summed E-state index contributed by atoms with van der Waals surface area (Å²) in [5.41, 5.74) is 2.82. The number of aliphatic hydroxyl groups is 1. The molecule has 148 valence electrons. The Kier molecular flexibility index (Phi) is 5.69. The van der Waals surface area contributed by atoms with Gasteiger partial charge in [0.25, 0.3) is 5.91 Å². The average molecular weight is 373 g/mol. The highest BCUT2D eigenvalue weighted by molar-refractivity contribution is 5.81. The summed E-state index contributed by atoms with van der Waals surface area (Å²) in [5.74, 6) is 0.956. The van der Waals surface area contributed by atoms with Crippen molar-refractivity contribution < 1.29 is 14.6 Å². The molecule has 0 radical (unpaired) electrons. The monoisotopic (exact) mass is 372 g/mol. The Labute approximate surface area is 162 Å². The Morgan fingerprint density at radius 2 is 1.89 bits per heavy atom. The number of carbonyl (C=O) groups excluding carboxylic acids is 1. The molecule has 2 fully saturated rings. The first-order chi connectivity index (χ1) is 13.1. The molecule has 0 spiro atoms. The number of hydrogen-bond donors (Lipinski definition) is 1. The van der Waals surface area contributed by atoms with Gasteiger partial charge in [0.2, 0.25) is 0 Å². The van der Waals surface area contributed by atoms with E-state index >= 15 is 0 Å². The zero-order valence-electron chi connectivity index (χ0n) is 16.4. The number of likely N-dealkylation sites (tertiary alicyclic amines) is 2. The largest absolute Gasteiger partial charge is 0.481 e. The van der Waals surface area contributed by atoms with Gasteiger partial charge in [0.15, 0.2) is 6.10 Å². The molecule has 1 aromatic rings. The molecular formula is C22H32N2O3. The van der Waals surface area contributed by atoms with Gasteiger partial charge in [0.05, 0.1) is 6.10 Å². The summed E-state index contributed by atoms with van der Waals surface area (Å²) in [5, 5.41) is 9.49. The number of ether oxygens (including phenoxy) is 1. The number of amides is 1. The molecule has 5 nitrogen and oxygen atoms in total. The molecule has 4 rings (SSSR count). The lowest BCUT2D eigenvalue weighted by atomic mass is 9.92. The van der Waals surface area contributed by atoms with Crippen molar-refractivity contribution in [2.45, 2.75) is 70.1 Å². The van der Waals surface area contributed by atoms with E-state index in [4.69, 9.17) is 4.74 Å². The van der Waals surface area contributed by atoms with E-state index in [1.54, 1.807) is 0 Å². The molecule has 3 aliphatic rings. The minimum Gasteiger partial charge on any atom is -0.481 e. The molecule has 1 amide bonds. The summed E-state index contributed by atoms with van der Waals surface area (Å²) in [4.78, 5) is 17.3. The third-order valence-electron chi connectivity index (χ3n) is 6.43. The summed E-state index contributed by atoms with van der Waals surface area (Å²) in [6.07, 6.45) is 6.93. The van der Waals surface area contributed by atoms with Crippen LogP contribution in [0.5, 0.6) is 5.75 Å². The highest BCUT2D eigenvalue weighted by Gasteiger charge is 2.35. The fourth-order valence-electron chi connectivity index (χ4n) is 4.70. The topological polar surface area (TPSA) is 53.0 Å². The van der Waals surface area contributed by atoms with Crippen molar-refractivity contribution in [1.29, 1.82) is 0 Å². The molecule has 1 aliphatic carbocycles. The summed E-state index contributed by atoms with van der Waals surface area (Å²) in [6.45, 7) is 5.19. The third-order valence-corrected chi connectivity index (χ3v) is 6.43. The number of hydrogen-bond acceptors (Lipinski definition) is 4. The van der Waals surface area contributed by atoms with E-state index in [1.165, 1.54) is 24.0 Å². The third kappa shape index (κ3) is 4.14. The summed E-state index contributed by atoms with van der Waals surface area (Å²) < 4.78 is 6.13. The molecule has 2 saturated heterocycles.